The van der Waals surface area contributed by atoms with E-state index in [2.05, 4.69) is 45.8 Å². The third-order valence-corrected chi connectivity index (χ3v) is 4.64. The van der Waals surface area contributed by atoms with Crippen molar-refractivity contribution in [2.24, 2.45) is 0 Å². The van der Waals surface area contributed by atoms with Crippen LogP contribution >= 0.6 is 0 Å². The van der Waals surface area contributed by atoms with Crippen molar-refractivity contribution in [3.05, 3.63) is 48.0 Å². The van der Waals surface area contributed by atoms with Gasteiger partial charge < -0.3 is 9.30 Å². The predicted octanol–water partition coefficient (Wildman–Crippen LogP) is 3.43. The van der Waals surface area contributed by atoms with Crippen molar-refractivity contribution in [3.8, 4) is 5.75 Å². The second kappa shape index (κ2) is 6.97. The van der Waals surface area contributed by atoms with Crippen LogP contribution in [0, 0.1) is 6.92 Å². The number of imidazole rings is 1. The average Bonchev–Trinajstić information content (AvgIpc) is 2.98. The molecule has 0 aliphatic carbocycles. The Balaban J connectivity index is 1.71. The molecule has 0 radical (unpaired) electrons. The van der Waals surface area contributed by atoms with Crippen molar-refractivity contribution < 1.29 is 4.74 Å². The van der Waals surface area contributed by atoms with E-state index in [-0.39, 0.29) is 0 Å². The van der Waals surface area contributed by atoms with E-state index in [4.69, 9.17) is 4.74 Å². The van der Waals surface area contributed by atoms with Gasteiger partial charge in [-0.25, -0.2) is 4.98 Å². The number of likely N-dealkylation sites (tertiary alicyclic amines) is 1. The fourth-order valence-electron chi connectivity index (χ4n) is 3.36. The summed E-state index contributed by atoms with van der Waals surface area (Å²) < 4.78 is 7.62. The summed E-state index contributed by atoms with van der Waals surface area (Å²) in [6.07, 6.45) is 7.78. The fraction of sp³-hybridized carbons (Fsp3) is 0.500. The molecule has 2 heterocycles. The normalized spacial score (nSPS) is 19.3. The van der Waals surface area contributed by atoms with Crippen LogP contribution < -0.4 is 4.74 Å². The van der Waals surface area contributed by atoms with Crippen molar-refractivity contribution in [2.75, 3.05) is 20.2 Å². The minimum absolute atomic E-state index is 0.507. The van der Waals surface area contributed by atoms with E-state index < -0.39 is 0 Å². The number of rotatable bonds is 5. The van der Waals surface area contributed by atoms with Crippen molar-refractivity contribution in [1.29, 1.82) is 0 Å². The van der Waals surface area contributed by atoms with Crippen LogP contribution in [0.2, 0.25) is 0 Å². The van der Waals surface area contributed by atoms with Gasteiger partial charge >= 0.3 is 0 Å². The number of benzene rings is 1. The lowest BCUT2D eigenvalue weighted by atomic mass is 9.95. The molecular weight excluding hydrogens is 274 g/mol. The topological polar surface area (TPSA) is 30.3 Å². The van der Waals surface area contributed by atoms with Crippen molar-refractivity contribution in [3.63, 3.8) is 0 Å². The second-order valence-electron chi connectivity index (χ2n) is 5.99. The minimum Gasteiger partial charge on any atom is -0.497 e. The molecule has 0 amide bonds. The molecule has 2 aromatic rings. The van der Waals surface area contributed by atoms with Crippen LogP contribution in [-0.4, -0.2) is 34.7 Å². The molecule has 1 aromatic carbocycles. The van der Waals surface area contributed by atoms with Gasteiger partial charge in [0, 0.05) is 31.5 Å². The molecule has 1 fully saturated rings. The molecular formula is C18H25N3O. The van der Waals surface area contributed by atoms with Crippen molar-refractivity contribution in [1.82, 2.24) is 14.5 Å². The first kappa shape index (κ1) is 15.1. The van der Waals surface area contributed by atoms with Gasteiger partial charge in [-0.05, 0) is 44.0 Å². The standard InChI is InChI=1S/C18H25N3O/c1-15-19-9-11-20(15)12-13-21-10-4-3-8-18(21)16-6-5-7-17(14-16)22-2/h5-7,9,11,14,18H,3-4,8,10,12-13H2,1-2H3/t18-/m0/s1. The maximum Gasteiger partial charge on any atom is 0.119 e. The number of hydrogen-bond donors (Lipinski definition) is 0. The SMILES string of the molecule is COc1cccc([C@@H]2CCCCN2CCn2ccnc2C)c1. The molecule has 22 heavy (non-hydrogen) atoms. The predicted molar refractivity (Wildman–Crippen MR) is 88.1 cm³/mol. The monoisotopic (exact) mass is 299 g/mol. The Morgan fingerprint density at radius 3 is 2.95 bits per heavy atom. The summed E-state index contributed by atoms with van der Waals surface area (Å²) in [6, 6.07) is 9.04. The first-order valence-corrected chi connectivity index (χ1v) is 8.13. The molecule has 0 unspecified atom stereocenters. The van der Waals surface area contributed by atoms with Gasteiger partial charge in [-0.3, -0.25) is 4.90 Å². The molecule has 3 rings (SSSR count). The van der Waals surface area contributed by atoms with Crippen LogP contribution in [0.15, 0.2) is 36.7 Å². The fourth-order valence-corrected chi connectivity index (χ4v) is 3.36. The lowest BCUT2D eigenvalue weighted by Gasteiger charge is -2.36. The number of piperidine rings is 1. The zero-order valence-corrected chi connectivity index (χ0v) is 13.5. The summed E-state index contributed by atoms with van der Waals surface area (Å²) >= 11 is 0. The number of methoxy groups -OCH3 is 1. The smallest absolute Gasteiger partial charge is 0.119 e. The first-order chi connectivity index (χ1) is 10.8. The second-order valence-corrected chi connectivity index (χ2v) is 5.99. The highest BCUT2D eigenvalue weighted by Gasteiger charge is 2.24. The summed E-state index contributed by atoms with van der Waals surface area (Å²) in [7, 11) is 1.74. The van der Waals surface area contributed by atoms with Gasteiger partial charge in [-0.2, -0.15) is 0 Å². The third-order valence-electron chi connectivity index (χ3n) is 4.64. The summed E-state index contributed by atoms with van der Waals surface area (Å²) in [6.45, 7) is 5.32. The highest BCUT2D eigenvalue weighted by Crippen LogP contribution is 2.32. The lowest BCUT2D eigenvalue weighted by molar-refractivity contribution is 0.143. The van der Waals surface area contributed by atoms with Gasteiger partial charge in [-0.15, -0.1) is 0 Å². The Morgan fingerprint density at radius 2 is 2.18 bits per heavy atom. The Bertz CT molecular complexity index is 608. The molecule has 0 spiro atoms. The lowest BCUT2D eigenvalue weighted by Crippen LogP contribution is -2.35. The van der Waals surface area contributed by atoms with E-state index in [1.165, 1.54) is 31.4 Å². The molecule has 0 bridgehead atoms. The number of hydrogen-bond acceptors (Lipinski definition) is 3. The van der Waals surface area contributed by atoms with Crippen molar-refractivity contribution in [2.45, 2.75) is 38.8 Å². The molecule has 1 atom stereocenters. The van der Waals surface area contributed by atoms with Gasteiger partial charge in [0.25, 0.3) is 0 Å². The van der Waals surface area contributed by atoms with Gasteiger partial charge in [-0.1, -0.05) is 18.6 Å². The number of nitrogens with zero attached hydrogens (tertiary/aromatic N) is 3. The van der Waals surface area contributed by atoms with Crippen LogP contribution in [0.3, 0.4) is 0 Å². The van der Waals surface area contributed by atoms with E-state index in [9.17, 15) is 0 Å². The zero-order valence-electron chi connectivity index (χ0n) is 13.5. The first-order valence-electron chi connectivity index (χ1n) is 8.13. The zero-order chi connectivity index (χ0) is 15.4. The summed E-state index contributed by atoms with van der Waals surface area (Å²) in [5.41, 5.74) is 1.38. The highest BCUT2D eigenvalue weighted by molar-refractivity contribution is 5.30. The van der Waals surface area contributed by atoms with E-state index >= 15 is 0 Å². The average molecular weight is 299 g/mol. The van der Waals surface area contributed by atoms with Crippen LogP contribution in [0.4, 0.5) is 0 Å². The molecule has 0 N–H and O–H groups in total. The quantitative estimate of drug-likeness (QED) is 0.847. The Morgan fingerprint density at radius 1 is 1.27 bits per heavy atom. The summed E-state index contributed by atoms with van der Waals surface area (Å²) in [5, 5.41) is 0. The van der Waals surface area contributed by atoms with E-state index in [0.29, 0.717) is 6.04 Å². The van der Waals surface area contributed by atoms with Gasteiger partial charge in [0.05, 0.1) is 7.11 Å². The molecule has 4 heteroatoms. The van der Waals surface area contributed by atoms with Crippen LogP contribution in [-0.2, 0) is 6.54 Å². The van der Waals surface area contributed by atoms with Crippen molar-refractivity contribution >= 4 is 0 Å². The summed E-state index contributed by atoms with van der Waals surface area (Å²) in [4.78, 5) is 6.92. The molecule has 118 valence electrons. The largest absolute Gasteiger partial charge is 0.497 e. The maximum absolute atomic E-state index is 5.38. The van der Waals surface area contributed by atoms with E-state index in [1.54, 1.807) is 7.11 Å². The summed E-state index contributed by atoms with van der Waals surface area (Å²) in [5.74, 6) is 2.04. The number of aryl methyl sites for hydroxylation is 1. The third kappa shape index (κ3) is 3.33. The Kier molecular flexibility index (Phi) is 4.78. The van der Waals surface area contributed by atoms with E-state index in [1.807, 2.05) is 12.3 Å². The van der Waals surface area contributed by atoms with Crippen LogP contribution in [0.25, 0.3) is 0 Å². The minimum atomic E-state index is 0.507. The number of aromatic nitrogens is 2. The molecule has 4 nitrogen and oxygen atoms in total. The van der Waals surface area contributed by atoms with Gasteiger partial charge in [0.2, 0.25) is 0 Å². The molecule has 1 aliphatic heterocycles. The van der Waals surface area contributed by atoms with Gasteiger partial charge in [0.15, 0.2) is 0 Å². The molecule has 1 saturated heterocycles. The molecule has 1 aliphatic rings. The highest BCUT2D eigenvalue weighted by atomic mass is 16.5. The Hall–Kier alpha value is -1.81. The number of ether oxygens (including phenoxy) is 1. The molecule has 0 saturated carbocycles. The van der Waals surface area contributed by atoms with Crippen LogP contribution in [0.5, 0.6) is 5.75 Å². The molecule has 1 aromatic heterocycles. The van der Waals surface area contributed by atoms with Crippen LogP contribution in [0.1, 0.15) is 36.7 Å². The maximum atomic E-state index is 5.38. The van der Waals surface area contributed by atoms with E-state index in [0.717, 1.165) is 24.7 Å². The van der Waals surface area contributed by atoms with Gasteiger partial charge in [0.1, 0.15) is 11.6 Å². The Labute approximate surface area is 132 Å².